The highest BCUT2D eigenvalue weighted by atomic mass is 19.4. The van der Waals surface area contributed by atoms with Crippen molar-refractivity contribution in [3.05, 3.63) is 23.9 Å². The molecule has 1 saturated carbocycles. The number of carbonyl (C=O) groups excluding carboxylic acids is 1. The second-order valence-corrected chi connectivity index (χ2v) is 7.15. The van der Waals surface area contributed by atoms with Gasteiger partial charge in [0, 0.05) is 25.7 Å². The molecular formula is C17H20F3N3O. The molecule has 0 aromatic carbocycles. The Morgan fingerprint density at radius 3 is 2.62 bits per heavy atom. The summed E-state index contributed by atoms with van der Waals surface area (Å²) in [6.45, 7) is 1.85. The fraction of sp³-hybridized carbons (Fsp3) is 0.647. The van der Waals surface area contributed by atoms with Crippen LogP contribution in [-0.4, -0.2) is 41.5 Å². The number of rotatable bonds is 3. The Morgan fingerprint density at radius 1 is 1.12 bits per heavy atom. The number of hydrogen-bond acceptors (Lipinski definition) is 3. The van der Waals surface area contributed by atoms with Crippen LogP contribution in [0.15, 0.2) is 18.2 Å². The van der Waals surface area contributed by atoms with E-state index in [-0.39, 0.29) is 17.9 Å². The van der Waals surface area contributed by atoms with Crippen LogP contribution >= 0.6 is 0 Å². The first-order valence-electron chi connectivity index (χ1n) is 8.51. The minimum atomic E-state index is -4.45. The van der Waals surface area contributed by atoms with Gasteiger partial charge in [0.15, 0.2) is 0 Å². The maximum Gasteiger partial charge on any atom is 0.433 e. The maximum atomic E-state index is 12.9. The molecule has 1 amide bonds. The predicted octanol–water partition coefficient (Wildman–Crippen LogP) is 2.94. The van der Waals surface area contributed by atoms with Crippen molar-refractivity contribution in [1.29, 1.82) is 0 Å². The highest BCUT2D eigenvalue weighted by Gasteiger charge is 2.43. The SMILES string of the molecule is O=C1[C@H]2CC[C@H](CN(c3cccc(C(F)(F)F)n3)C2)N1CC1CC1. The number of fused-ring (bicyclic) bond motifs is 4. The van der Waals surface area contributed by atoms with Gasteiger partial charge in [0.25, 0.3) is 0 Å². The fourth-order valence-electron chi connectivity index (χ4n) is 3.80. The Balaban J connectivity index is 1.58. The average molecular weight is 339 g/mol. The molecule has 1 aromatic rings. The molecule has 2 atom stereocenters. The lowest BCUT2D eigenvalue weighted by Gasteiger charge is -2.36. The predicted molar refractivity (Wildman–Crippen MR) is 82.4 cm³/mol. The van der Waals surface area contributed by atoms with E-state index in [1.165, 1.54) is 18.9 Å². The average Bonchev–Trinajstić information content (AvgIpc) is 3.37. The van der Waals surface area contributed by atoms with Crippen LogP contribution in [-0.2, 0) is 11.0 Å². The lowest BCUT2D eigenvalue weighted by Crippen LogP contribution is -2.48. The van der Waals surface area contributed by atoms with Crippen LogP contribution in [0.2, 0.25) is 0 Å². The van der Waals surface area contributed by atoms with Crippen molar-refractivity contribution < 1.29 is 18.0 Å². The molecule has 0 spiro atoms. The van der Waals surface area contributed by atoms with Crippen molar-refractivity contribution in [2.45, 2.75) is 37.9 Å². The van der Waals surface area contributed by atoms with Gasteiger partial charge in [0.1, 0.15) is 11.5 Å². The number of piperidine rings is 1. The summed E-state index contributed by atoms with van der Waals surface area (Å²) in [5.41, 5.74) is -0.877. The topological polar surface area (TPSA) is 36.4 Å². The van der Waals surface area contributed by atoms with Crippen LogP contribution in [0.3, 0.4) is 0 Å². The molecule has 24 heavy (non-hydrogen) atoms. The molecule has 2 bridgehead atoms. The Morgan fingerprint density at radius 2 is 1.92 bits per heavy atom. The van der Waals surface area contributed by atoms with Crippen molar-refractivity contribution in [2.75, 3.05) is 24.5 Å². The summed E-state index contributed by atoms with van der Waals surface area (Å²) in [6, 6.07) is 4.07. The van der Waals surface area contributed by atoms with Crippen LogP contribution in [0, 0.1) is 11.8 Å². The summed E-state index contributed by atoms with van der Waals surface area (Å²) >= 11 is 0. The van der Waals surface area contributed by atoms with Gasteiger partial charge >= 0.3 is 6.18 Å². The molecule has 7 heteroatoms. The molecule has 5 rings (SSSR count). The molecule has 1 aromatic heterocycles. The molecule has 0 N–H and O–H groups in total. The molecule has 4 heterocycles. The molecule has 3 aliphatic heterocycles. The Bertz CT molecular complexity index is 644. The van der Waals surface area contributed by atoms with E-state index < -0.39 is 11.9 Å². The van der Waals surface area contributed by atoms with E-state index in [4.69, 9.17) is 0 Å². The number of alkyl halides is 3. The number of aromatic nitrogens is 1. The molecule has 4 fully saturated rings. The van der Waals surface area contributed by atoms with Crippen molar-refractivity contribution >= 4 is 11.7 Å². The first-order valence-corrected chi connectivity index (χ1v) is 8.51. The molecule has 0 radical (unpaired) electrons. The Hall–Kier alpha value is -1.79. The van der Waals surface area contributed by atoms with Gasteiger partial charge in [0.05, 0.1) is 5.92 Å². The van der Waals surface area contributed by atoms with E-state index in [0.717, 1.165) is 25.5 Å². The van der Waals surface area contributed by atoms with Crippen LogP contribution < -0.4 is 4.90 Å². The van der Waals surface area contributed by atoms with E-state index >= 15 is 0 Å². The number of nitrogens with zero attached hydrogens (tertiary/aromatic N) is 3. The zero-order chi connectivity index (χ0) is 16.9. The van der Waals surface area contributed by atoms with Gasteiger partial charge in [-0.25, -0.2) is 4.98 Å². The van der Waals surface area contributed by atoms with Crippen molar-refractivity contribution in [2.24, 2.45) is 11.8 Å². The van der Waals surface area contributed by atoms with Crippen LogP contribution in [0.4, 0.5) is 19.0 Å². The number of hydrogen-bond donors (Lipinski definition) is 0. The number of carbonyl (C=O) groups is 1. The molecule has 4 aliphatic rings. The fourth-order valence-corrected chi connectivity index (χ4v) is 3.80. The Labute approximate surface area is 138 Å². The molecular weight excluding hydrogens is 319 g/mol. The standard InChI is InChI=1S/C17H20F3N3O/c18-17(19,20)14-2-1-3-15(21-14)22-9-12-6-7-13(10-22)23(16(12)24)8-11-4-5-11/h1-3,11-13H,4-10H2/t12-,13+/m0/s1. The van der Waals surface area contributed by atoms with E-state index in [1.807, 2.05) is 9.80 Å². The summed E-state index contributed by atoms with van der Waals surface area (Å²) in [7, 11) is 0. The van der Waals surface area contributed by atoms with Crippen molar-refractivity contribution in [1.82, 2.24) is 9.88 Å². The van der Waals surface area contributed by atoms with Crippen LogP contribution in [0.25, 0.3) is 0 Å². The van der Waals surface area contributed by atoms with Gasteiger partial charge < -0.3 is 9.80 Å². The monoisotopic (exact) mass is 339 g/mol. The normalized spacial score (nSPS) is 27.5. The first kappa shape index (κ1) is 15.7. The van der Waals surface area contributed by atoms with Gasteiger partial charge in [-0.1, -0.05) is 6.07 Å². The lowest BCUT2D eigenvalue weighted by atomic mass is 9.94. The second-order valence-electron chi connectivity index (χ2n) is 7.15. The number of pyridine rings is 1. The summed E-state index contributed by atoms with van der Waals surface area (Å²) in [5, 5.41) is 0. The summed E-state index contributed by atoms with van der Waals surface area (Å²) < 4.78 is 38.7. The molecule has 1 aliphatic carbocycles. The highest BCUT2D eigenvalue weighted by molar-refractivity contribution is 5.81. The second kappa shape index (κ2) is 5.63. The number of halogens is 3. The Kier molecular flexibility index (Phi) is 3.69. The highest BCUT2D eigenvalue weighted by Crippen LogP contribution is 2.37. The summed E-state index contributed by atoms with van der Waals surface area (Å²) in [6.07, 6.45) is -0.340. The van der Waals surface area contributed by atoms with Crippen molar-refractivity contribution in [3.63, 3.8) is 0 Å². The lowest BCUT2D eigenvalue weighted by molar-refractivity contribution is -0.141. The van der Waals surface area contributed by atoms with Gasteiger partial charge in [0.2, 0.25) is 5.91 Å². The zero-order valence-electron chi connectivity index (χ0n) is 13.3. The summed E-state index contributed by atoms with van der Waals surface area (Å²) in [4.78, 5) is 20.3. The smallest absolute Gasteiger partial charge is 0.354 e. The molecule has 130 valence electrons. The quantitative estimate of drug-likeness (QED) is 0.850. The van der Waals surface area contributed by atoms with Gasteiger partial charge in [-0.3, -0.25) is 4.79 Å². The van der Waals surface area contributed by atoms with Crippen LogP contribution in [0.5, 0.6) is 0 Å². The van der Waals surface area contributed by atoms with E-state index in [2.05, 4.69) is 4.98 Å². The van der Waals surface area contributed by atoms with Crippen LogP contribution in [0.1, 0.15) is 31.4 Å². The molecule has 4 nitrogen and oxygen atoms in total. The third-order valence-corrected chi connectivity index (χ3v) is 5.29. The van der Waals surface area contributed by atoms with E-state index in [9.17, 15) is 18.0 Å². The van der Waals surface area contributed by atoms with Gasteiger partial charge in [-0.05, 0) is 43.7 Å². The van der Waals surface area contributed by atoms with Crippen molar-refractivity contribution in [3.8, 4) is 0 Å². The molecule has 3 saturated heterocycles. The summed E-state index contributed by atoms with van der Waals surface area (Å²) in [5.74, 6) is 0.989. The third-order valence-electron chi connectivity index (χ3n) is 5.29. The minimum absolute atomic E-state index is 0.0909. The molecule has 0 unspecified atom stereocenters. The number of anilines is 1. The van der Waals surface area contributed by atoms with Gasteiger partial charge in [-0.15, -0.1) is 0 Å². The minimum Gasteiger partial charge on any atom is -0.354 e. The van der Waals surface area contributed by atoms with E-state index in [1.54, 1.807) is 6.07 Å². The first-order chi connectivity index (χ1) is 11.4. The maximum absolute atomic E-state index is 12.9. The third kappa shape index (κ3) is 2.96. The zero-order valence-corrected chi connectivity index (χ0v) is 13.3. The number of amides is 1. The van der Waals surface area contributed by atoms with Gasteiger partial charge in [-0.2, -0.15) is 13.2 Å². The largest absolute Gasteiger partial charge is 0.433 e. The van der Waals surface area contributed by atoms with E-state index in [0.29, 0.717) is 24.8 Å².